The van der Waals surface area contributed by atoms with Gasteiger partial charge in [0.2, 0.25) is 5.95 Å². The van der Waals surface area contributed by atoms with Gasteiger partial charge >= 0.3 is 15.6 Å². The third-order valence-electron chi connectivity index (χ3n) is 7.72. The lowest BCUT2D eigenvalue weighted by Gasteiger charge is -2.29. The van der Waals surface area contributed by atoms with Crippen molar-refractivity contribution in [2.75, 3.05) is 24.7 Å². The van der Waals surface area contributed by atoms with E-state index in [-0.39, 0.29) is 34.1 Å². The molecular weight excluding hydrogens is 686 g/mol. The number of nitrogens with two attached hydrogens (primary N) is 2. The summed E-state index contributed by atoms with van der Waals surface area (Å²) in [4.78, 5) is 56.6. The summed E-state index contributed by atoms with van der Waals surface area (Å²) in [6.07, 6.45) is -8.19. The van der Waals surface area contributed by atoms with Gasteiger partial charge in [0.1, 0.15) is 48.5 Å². The number of aromatic amines is 1. The maximum Gasteiger partial charge on any atom is 0.472 e. The number of aromatic nitrogens is 8. The van der Waals surface area contributed by atoms with Gasteiger partial charge in [0.15, 0.2) is 35.1 Å². The lowest BCUT2D eigenvalue weighted by Crippen LogP contribution is -2.40. The van der Waals surface area contributed by atoms with Crippen molar-refractivity contribution in [2.24, 2.45) is 0 Å². The molecule has 3 aliphatic rings. The molecule has 0 aliphatic carbocycles. The molecule has 0 amide bonds. The van der Waals surface area contributed by atoms with Crippen LogP contribution in [0.4, 0.5) is 11.8 Å². The molecule has 3 saturated heterocycles. The molecule has 25 heteroatoms. The van der Waals surface area contributed by atoms with E-state index in [4.69, 9.17) is 43.8 Å². The van der Waals surface area contributed by atoms with Crippen molar-refractivity contribution in [2.45, 2.75) is 69.0 Å². The highest BCUT2D eigenvalue weighted by molar-refractivity contribution is 7.47. The number of hydrogen-bond donors (Lipinski definition) is 6. The van der Waals surface area contributed by atoms with E-state index < -0.39 is 89.6 Å². The Morgan fingerprint density at radius 2 is 1.52 bits per heavy atom. The number of fused-ring (bicyclic) bond motifs is 4. The fourth-order valence-corrected chi connectivity index (χ4v) is 7.68. The summed E-state index contributed by atoms with van der Waals surface area (Å²) >= 11 is 0. The minimum Gasteiger partial charge on any atom is -0.386 e. The monoisotopic (exact) mass is 716 g/mol. The molecule has 3 aliphatic heterocycles. The first kappa shape index (κ1) is 33.1. The number of phosphoric acid groups is 2. The molecule has 7 heterocycles. The summed E-state index contributed by atoms with van der Waals surface area (Å²) in [7, 11) is -10.1. The van der Waals surface area contributed by atoms with Crippen LogP contribution in [0.25, 0.3) is 22.3 Å². The van der Waals surface area contributed by atoms with Crippen molar-refractivity contribution >= 4 is 49.7 Å². The lowest BCUT2D eigenvalue weighted by molar-refractivity contribution is -0.0901. The number of anilines is 2. The number of rotatable bonds is 4. The molecule has 8 N–H and O–H groups in total. The zero-order valence-electron chi connectivity index (χ0n) is 24.9. The predicted molar refractivity (Wildman–Crippen MR) is 157 cm³/mol. The molecule has 2 unspecified atom stereocenters. The molecular formula is C23H30N10O13P2. The van der Waals surface area contributed by atoms with E-state index in [0.717, 1.165) is 10.9 Å². The third-order valence-corrected chi connectivity index (χ3v) is 9.69. The first-order valence-electron chi connectivity index (χ1n) is 14.3. The molecule has 260 valence electrons. The van der Waals surface area contributed by atoms with Crippen LogP contribution >= 0.6 is 15.6 Å². The minimum atomic E-state index is -5.04. The Bertz CT molecular complexity index is 2010. The Balaban J connectivity index is 1.20. The molecule has 0 saturated carbocycles. The van der Waals surface area contributed by atoms with Gasteiger partial charge in [-0.2, -0.15) is 4.98 Å². The summed E-state index contributed by atoms with van der Waals surface area (Å²) in [5, 5.41) is 11.2. The average molecular weight is 716 g/mol. The topological polar surface area (TPSA) is 319 Å². The Hall–Kier alpha value is -3.44. The van der Waals surface area contributed by atoms with Gasteiger partial charge in [-0.1, -0.05) is 0 Å². The molecule has 4 aromatic heterocycles. The Morgan fingerprint density at radius 3 is 2.21 bits per heavy atom. The van der Waals surface area contributed by atoms with E-state index >= 15 is 0 Å². The predicted octanol–water partition coefficient (Wildman–Crippen LogP) is -0.909. The van der Waals surface area contributed by atoms with Crippen LogP contribution in [0.2, 0.25) is 0 Å². The van der Waals surface area contributed by atoms with Gasteiger partial charge in [0, 0.05) is 0 Å². The van der Waals surface area contributed by atoms with Crippen molar-refractivity contribution in [3.63, 3.8) is 0 Å². The molecule has 23 nitrogen and oxygen atoms in total. The molecule has 0 spiro atoms. The Morgan fingerprint density at radius 1 is 0.917 bits per heavy atom. The fourth-order valence-electron chi connectivity index (χ4n) is 5.76. The number of aliphatic hydroxyl groups excluding tert-OH is 1. The zero-order valence-corrected chi connectivity index (χ0v) is 26.7. The third kappa shape index (κ3) is 6.01. The normalized spacial score (nSPS) is 36.2. The molecule has 0 radical (unpaired) electrons. The summed E-state index contributed by atoms with van der Waals surface area (Å²) in [6, 6.07) is 0. The van der Waals surface area contributed by atoms with Crippen LogP contribution in [-0.4, -0.2) is 110 Å². The second-order valence-electron chi connectivity index (χ2n) is 11.3. The largest absolute Gasteiger partial charge is 0.472 e. The first-order valence-corrected chi connectivity index (χ1v) is 17.3. The van der Waals surface area contributed by atoms with Crippen LogP contribution in [0, 0.1) is 0 Å². The Kier molecular flexibility index (Phi) is 8.38. The van der Waals surface area contributed by atoms with E-state index in [1.165, 1.54) is 17.2 Å². The SMILES string of the molecule is CC(C)O[C@@H]1[C@@H]2OP(=O)(O)OC[C@H]3O[C@@H](n4cnc5c(=O)[nH]c(N)nc54)[C@H](O)[C@@H]3OP(=O)(O)OC[C@H]2O[C@H]1n1cnc2c(N)ncnc21. The number of imidazole rings is 2. The van der Waals surface area contributed by atoms with Gasteiger partial charge in [0.25, 0.3) is 5.56 Å². The fraction of sp³-hybridized carbons (Fsp3) is 0.565. The van der Waals surface area contributed by atoms with E-state index in [0.29, 0.717) is 0 Å². The highest BCUT2D eigenvalue weighted by atomic mass is 31.2. The van der Waals surface area contributed by atoms with E-state index in [9.17, 15) is 28.8 Å². The van der Waals surface area contributed by atoms with Gasteiger partial charge in [-0.15, -0.1) is 0 Å². The Labute approximate surface area is 268 Å². The maximum atomic E-state index is 13.4. The van der Waals surface area contributed by atoms with Crippen LogP contribution in [-0.2, 0) is 41.4 Å². The molecule has 3 fully saturated rings. The van der Waals surface area contributed by atoms with Crippen molar-refractivity contribution in [3.05, 3.63) is 29.3 Å². The van der Waals surface area contributed by atoms with Crippen molar-refractivity contribution in [3.8, 4) is 0 Å². The number of H-pyrrole nitrogens is 1. The minimum absolute atomic E-state index is 0.0863. The number of phosphoric ester groups is 2. The first-order chi connectivity index (χ1) is 22.7. The molecule has 4 aromatic rings. The van der Waals surface area contributed by atoms with Crippen LogP contribution in [0.5, 0.6) is 0 Å². The summed E-state index contributed by atoms with van der Waals surface area (Å²) in [5.41, 5.74) is 11.2. The van der Waals surface area contributed by atoms with Gasteiger partial charge in [-0.05, 0) is 13.8 Å². The van der Waals surface area contributed by atoms with Crippen molar-refractivity contribution < 1.29 is 56.3 Å². The van der Waals surface area contributed by atoms with Crippen LogP contribution in [0.1, 0.15) is 26.3 Å². The van der Waals surface area contributed by atoms with Crippen molar-refractivity contribution in [1.82, 2.24) is 39.0 Å². The maximum absolute atomic E-state index is 13.4. The number of ether oxygens (including phenoxy) is 3. The number of aliphatic hydroxyl groups is 1. The molecule has 10 atom stereocenters. The van der Waals surface area contributed by atoms with Crippen LogP contribution in [0.15, 0.2) is 23.8 Å². The van der Waals surface area contributed by atoms with Gasteiger partial charge in [-0.3, -0.25) is 37.0 Å². The second-order valence-corrected chi connectivity index (χ2v) is 14.1. The zero-order chi connectivity index (χ0) is 34.1. The van der Waals surface area contributed by atoms with E-state index in [1.54, 1.807) is 13.8 Å². The highest BCUT2D eigenvalue weighted by Crippen LogP contribution is 2.54. The van der Waals surface area contributed by atoms with Crippen LogP contribution in [0.3, 0.4) is 0 Å². The lowest BCUT2D eigenvalue weighted by atomic mass is 10.1. The van der Waals surface area contributed by atoms with Gasteiger partial charge in [0.05, 0.1) is 32.0 Å². The second kappa shape index (κ2) is 12.2. The summed E-state index contributed by atoms with van der Waals surface area (Å²) < 4.78 is 68.8. The number of nitrogen functional groups attached to an aromatic ring is 2. The molecule has 7 rings (SSSR count). The average Bonchev–Trinajstić information content (AvgIpc) is 3.76. The van der Waals surface area contributed by atoms with Crippen LogP contribution < -0.4 is 17.0 Å². The van der Waals surface area contributed by atoms with Gasteiger partial charge < -0.3 is 40.6 Å². The van der Waals surface area contributed by atoms with Gasteiger partial charge in [-0.25, -0.2) is 29.1 Å². The quantitative estimate of drug-likeness (QED) is 0.139. The smallest absolute Gasteiger partial charge is 0.386 e. The molecule has 0 bridgehead atoms. The van der Waals surface area contributed by atoms with E-state index in [1.807, 2.05) is 0 Å². The van der Waals surface area contributed by atoms with E-state index in [2.05, 4.69) is 29.9 Å². The molecule has 48 heavy (non-hydrogen) atoms. The number of nitrogens with one attached hydrogen (secondary N) is 1. The molecule has 0 aromatic carbocycles. The summed E-state index contributed by atoms with van der Waals surface area (Å²) in [6.45, 7) is 1.88. The number of hydrogen-bond acceptors (Lipinski definition) is 18. The highest BCUT2D eigenvalue weighted by Gasteiger charge is 2.55. The summed E-state index contributed by atoms with van der Waals surface area (Å²) in [5.74, 6) is -0.170. The van der Waals surface area contributed by atoms with Crippen molar-refractivity contribution in [1.29, 1.82) is 0 Å². The number of nitrogens with zero attached hydrogens (tertiary/aromatic N) is 7. The standard InChI is InChI=1S/C23H30N10O13P2/c1-8(2)42-16-15-10(44-22(16)32-6-28-11-17(24)26-5-27-18(11)32)4-41-47(36,37)45-14-9(3-40-48(38,39)46-15)43-21(13(14)34)33-7-29-12-19(33)30-23(25)31-20(12)35/h5-10,13-16,21-22,34H,3-4H2,1-2H3,(H,36,37)(H,38,39)(H2,24,26,27)(H3,25,30,31,35)/t9-,10-,13-,14-,15-,16-,21-,22-/m1/s1.